The molecule has 20 heavy (non-hydrogen) atoms. The lowest BCUT2D eigenvalue weighted by Crippen LogP contribution is -2.10. The first-order valence-corrected chi connectivity index (χ1v) is 6.11. The predicted molar refractivity (Wildman–Crippen MR) is 74.1 cm³/mol. The van der Waals surface area contributed by atoms with Crippen LogP contribution in [0.15, 0.2) is 36.5 Å². The van der Waals surface area contributed by atoms with E-state index >= 15 is 0 Å². The van der Waals surface area contributed by atoms with Gasteiger partial charge in [0.25, 0.3) is 5.69 Å². The number of benzene rings is 1. The quantitative estimate of drug-likeness (QED) is 0.683. The van der Waals surface area contributed by atoms with E-state index in [0.717, 1.165) is 0 Å². The van der Waals surface area contributed by atoms with Gasteiger partial charge in [0.2, 0.25) is 0 Å². The lowest BCUT2D eigenvalue weighted by atomic mass is 10.1. The van der Waals surface area contributed by atoms with E-state index in [0.29, 0.717) is 16.9 Å². The van der Waals surface area contributed by atoms with Crippen LogP contribution in [0.3, 0.4) is 0 Å². The fraction of sp³-hybridized carbons (Fsp3) is 0.214. The standard InChI is InChI=1S/C14H14FN3O2/c1-9-8-16-14(7-13(9)18(19)20)17-10(2)11-5-3-4-6-12(11)15/h3-8,10H,1-2H3,(H,16,17). The highest BCUT2D eigenvalue weighted by Crippen LogP contribution is 2.24. The number of hydrogen-bond donors (Lipinski definition) is 1. The second-order valence-corrected chi connectivity index (χ2v) is 4.50. The van der Waals surface area contributed by atoms with Gasteiger partial charge in [0.05, 0.1) is 17.0 Å². The molecule has 0 saturated heterocycles. The molecule has 0 aliphatic heterocycles. The Morgan fingerprint density at radius 2 is 2.10 bits per heavy atom. The van der Waals surface area contributed by atoms with Crippen LogP contribution in [0.1, 0.15) is 24.1 Å². The molecule has 2 aromatic rings. The van der Waals surface area contributed by atoms with Crippen molar-refractivity contribution in [2.45, 2.75) is 19.9 Å². The smallest absolute Gasteiger partial charge is 0.277 e. The fourth-order valence-corrected chi connectivity index (χ4v) is 1.91. The molecule has 0 amide bonds. The zero-order chi connectivity index (χ0) is 14.7. The van der Waals surface area contributed by atoms with Crippen molar-refractivity contribution in [1.82, 2.24) is 4.98 Å². The van der Waals surface area contributed by atoms with Crippen molar-refractivity contribution in [2.75, 3.05) is 5.32 Å². The summed E-state index contributed by atoms with van der Waals surface area (Å²) < 4.78 is 13.6. The molecule has 1 atom stereocenters. The molecule has 104 valence electrons. The molecule has 1 unspecified atom stereocenters. The molecule has 0 fully saturated rings. The second kappa shape index (κ2) is 5.64. The summed E-state index contributed by atoms with van der Waals surface area (Å²) in [5, 5.41) is 13.8. The minimum absolute atomic E-state index is 0.0109. The molecule has 1 aromatic heterocycles. The zero-order valence-electron chi connectivity index (χ0n) is 11.1. The number of hydrogen-bond acceptors (Lipinski definition) is 4. The molecule has 6 heteroatoms. The molecule has 2 rings (SSSR count). The first kappa shape index (κ1) is 13.9. The van der Waals surface area contributed by atoms with Crippen LogP contribution in [0.25, 0.3) is 0 Å². The van der Waals surface area contributed by atoms with Crippen LogP contribution in [0.2, 0.25) is 0 Å². The van der Waals surface area contributed by atoms with Crippen LogP contribution < -0.4 is 5.32 Å². The topological polar surface area (TPSA) is 68.1 Å². The van der Waals surface area contributed by atoms with Crippen molar-refractivity contribution in [3.05, 3.63) is 63.6 Å². The Morgan fingerprint density at radius 1 is 1.40 bits per heavy atom. The van der Waals surface area contributed by atoms with E-state index in [2.05, 4.69) is 10.3 Å². The second-order valence-electron chi connectivity index (χ2n) is 4.50. The first-order chi connectivity index (χ1) is 9.49. The van der Waals surface area contributed by atoms with Crippen molar-refractivity contribution in [3.63, 3.8) is 0 Å². The summed E-state index contributed by atoms with van der Waals surface area (Å²) in [5.74, 6) is 0.0205. The third kappa shape index (κ3) is 2.90. The van der Waals surface area contributed by atoms with Gasteiger partial charge in [-0.25, -0.2) is 9.37 Å². The summed E-state index contributed by atoms with van der Waals surface area (Å²) in [7, 11) is 0. The Balaban J connectivity index is 2.24. The molecule has 0 spiro atoms. The minimum Gasteiger partial charge on any atom is -0.363 e. The van der Waals surface area contributed by atoms with Crippen LogP contribution in [-0.2, 0) is 0 Å². The summed E-state index contributed by atoms with van der Waals surface area (Å²) in [6.07, 6.45) is 1.43. The van der Waals surface area contributed by atoms with Gasteiger partial charge in [-0.1, -0.05) is 18.2 Å². The normalized spacial score (nSPS) is 11.9. The summed E-state index contributed by atoms with van der Waals surface area (Å²) in [5.41, 5.74) is 0.958. The van der Waals surface area contributed by atoms with Crippen molar-refractivity contribution >= 4 is 11.5 Å². The van der Waals surface area contributed by atoms with Crippen molar-refractivity contribution in [3.8, 4) is 0 Å². The maximum Gasteiger partial charge on any atom is 0.277 e. The Hall–Kier alpha value is -2.50. The Kier molecular flexibility index (Phi) is 3.93. The number of aromatic nitrogens is 1. The number of nitro groups is 1. The zero-order valence-corrected chi connectivity index (χ0v) is 11.1. The third-order valence-electron chi connectivity index (χ3n) is 3.01. The molecule has 0 aliphatic carbocycles. The van der Waals surface area contributed by atoms with E-state index in [1.165, 1.54) is 18.3 Å². The van der Waals surface area contributed by atoms with Crippen LogP contribution in [-0.4, -0.2) is 9.91 Å². The van der Waals surface area contributed by atoms with Crippen LogP contribution in [0, 0.1) is 22.9 Å². The Bertz CT molecular complexity index is 646. The number of halogens is 1. The number of rotatable bonds is 4. The van der Waals surface area contributed by atoms with Gasteiger partial charge in [0.15, 0.2) is 0 Å². The number of nitrogens with zero attached hydrogens (tertiary/aromatic N) is 2. The van der Waals surface area contributed by atoms with E-state index < -0.39 is 4.92 Å². The van der Waals surface area contributed by atoms with Gasteiger partial charge in [-0.05, 0) is 19.9 Å². The van der Waals surface area contributed by atoms with Crippen molar-refractivity contribution in [2.24, 2.45) is 0 Å². The molecule has 1 aromatic carbocycles. The minimum atomic E-state index is -0.462. The molecule has 0 bridgehead atoms. The van der Waals surface area contributed by atoms with E-state index in [4.69, 9.17) is 0 Å². The molecular formula is C14H14FN3O2. The highest BCUT2D eigenvalue weighted by molar-refractivity contribution is 5.50. The van der Waals surface area contributed by atoms with Crippen LogP contribution in [0.5, 0.6) is 0 Å². The van der Waals surface area contributed by atoms with Gasteiger partial charge in [0.1, 0.15) is 11.6 Å². The van der Waals surface area contributed by atoms with Gasteiger partial charge in [0, 0.05) is 17.3 Å². The fourth-order valence-electron chi connectivity index (χ4n) is 1.91. The lowest BCUT2D eigenvalue weighted by molar-refractivity contribution is -0.385. The van der Waals surface area contributed by atoms with Crippen molar-refractivity contribution in [1.29, 1.82) is 0 Å². The van der Waals surface area contributed by atoms with E-state index in [1.807, 2.05) is 0 Å². The first-order valence-electron chi connectivity index (χ1n) is 6.11. The average molecular weight is 275 g/mol. The summed E-state index contributed by atoms with van der Waals surface area (Å²) in [6.45, 7) is 3.39. The maximum absolute atomic E-state index is 13.6. The molecule has 5 nitrogen and oxygen atoms in total. The van der Waals surface area contributed by atoms with E-state index in [9.17, 15) is 14.5 Å². The number of pyridine rings is 1. The SMILES string of the molecule is Cc1cnc(NC(C)c2ccccc2F)cc1[N+](=O)[O-]. The highest BCUT2D eigenvalue weighted by atomic mass is 19.1. The van der Waals surface area contributed by atoms with E-state index in [1.54, 1.807) is 32.0 Å². The highest BCUT2D eigenvalue weighted by Gasteiger charge is 2.15. The predicted octanol–water partition coefficient (Wildman–Crippen LogP) is 3.61. The molecule has 1 heterocycles. The monoisotopic (exact) mass is 275 g/mol. The Morgan fingerprint density at radius 3 is 2.75 bits per heavy atom. The van der Waals surface area contributed by atoms with Gasteiger partial charge in [-0.15, -0.1) is 0 Å². The van der Waals surface area contributed by atoms with Gasteiger partial charge >= 0.3 is 0 Å². The molecule has 0 aliphatic rings. The van der Waals surface area contributed by atoms with Gasteiger partial charge in [-0.3, -0.25) is 10.1 Å². The maximum atomic E-state index is 13.6. The Labute approximate surface area is 115 Å². The third-order valence-corrected chi connectivity index (χ3v) is 3.01. The van der Waals surface area contributed by atoms with Gasteiger partial charge in [-0.2, -0.15) is 0 Å². The lowest BCUT2D eigenvalue weighted by Gasteiger charge is -2.15. The van der Waals surface area contributed by atoms with Crippen LogP contribution in [0.4, 0.5) is 15.9 Å². The molecule has 0 saturated carbocycles. The molecule has 1 N–H and O–H groups in total. The molecular weight excluding hydrogens is 261 g/mol. The van der Waals surface area contributed by atoms with Gasteiger partial charge < -0.3 is 5.32 Å². The van der Waals surface area contributed by atoms with Crippen molar-refractivity contribution < 1.29 is 9.31 Å². The van der Waals surface area contributed by atoms with Crippen LogP contribution >= 0.6 is 0 Å². The molecule has 0 radical (unpaired) electrons. The summed E-state index contributed by atoms with van der Waals surface area (Å²) in [4.78, 5) is 14.5. The average Bonchev–Trinajstić information content (AvgIpc) is 2.41. The number of anilines is 1. The largest absolute Gasteiger partial charge is 0.363 e. The number of nitrogens with one attached hydrogen (secondary N) is 1. The van der Waals surface area contributed by atoms with E-state index in [-0.39, 0.29) is 17.5 Å². The summed E-state index contributed by atoms with van der Waals surface area (Å²) in [6, 6.07) is 7.40. The number of aryl methyl sites for hydroxylation is 1. The summed E-state index contributed by atoms with van der Waals surface area (Å²) >= 11 is 0.